The SMILES string of the molecule is CCc1cc(C2CN(C3COC3)C2)n(C2CCOC2)n1. The minimum absolute atomic E-state index is 0.450. The number of aryl methyl sites for hydroxylation is 1. The number of rotatable bonds is 4. The lowest BCUT2D eigenvalue weighted by Gasteiger charge is -2.47. The molecule has 4 rings (SSSR count). The second kappa shape index (κ2) is 5.13. The van der Waals surface area contributed by atoms with Gasteiger partial charge in [-0.05, 0) is 18.9 Å². The van der Waals surface area contributed by atoms with E-state index in [0.717, 1.165) is 52.4 Å². The predicted molar refractivity (Wildman–Crippen MR) is 75.0 cm³/mol. The van der Waals surface area contributed by atoms with Crippen LogP contribution in [0.1, 0.15) is 36.7 Å². The molecule has 110 valence electrons. The Morgan fingerprint density at radius 2 is 2.00 bits per heavy atom. The number of hydrogen-bond acceptors (Lipinski definition) is 4. The van der Waals surface area contributed by atoms with Crippen LogP contribution >= 0.6 is 0 Å². The average molecular weight is 277 g/mol. The molecule has 3 saturated heterocycles. The Balaban J connectivity index is 1.50. The number of ether oxygens (including phenoxy) is 2. The number of hydrogen-bond donors (Lipinski definition) is 0. The van der Waals surface area contributed by atoms with E-state index in [9.17, 15) is 0 Å². The molecule has 0 amide bonds. The maximum Gasteiger partial charge on any atom is 0.0777 e. The minimum Gasteiger partial charge on any atom is -0.379 e. The van der Waals surface area contributed by atoms with Crippen LogP contribution in [0, 0.1) is 0 Å². The lowest BCUT2D eigenvalue weighted by molar-refractivity contribution is -0.0914. The Labute approximate surface area is 119 Å². The van der Waals surface area contributed by atoms with E-state index in [-0.39, 0.29) is 0 Å². The first-order valence-corrected chi connectivity index (χ1v) is 7.83. The molecule has 0 N–H and O–H groups in total. The third-order valence-electron chi connectivity index (χ3n) is 4.89. The predicted octanol–water partition coefficient (Wildman–Crippen LogP) is 1.20. The van der Waals surface area contributed by atoms with Crippen LogP contribution in [0.15, 0.2) is 6.07 Å². The zero-order valence-electron chi connectivity index (χ0n) is 12.1. The average Bonchev–Trinajstić information content (AvgIpc) is 2.98. The first-order chi connectivity index (χ1) is 9.85. The lowest BCUT2D eigenvalue weighted by atomic mass is 9.93. The van der Waals surface area contributed by atoms with Gasteiger partial charge >= 0.3 is 0 Å². The summed E-state index contributed by atoms with van der Waals surface area (Å²) in [5.41, 5.74) is 2.64. The van der Waals surface area contributed by atoms with Gasteiger partial charge in [-0.25, -0.2) is 0 Å². The standard InChI is InChI=1S/C15H23N3O2/c1-2-12-5-15(18(16-12)13-3-4-19-8-13)11-6-17(7-11)14-9-20-10-14/h5,11,13-14H,2-4,6-10H2,1H3. The Bertz CT molecular complexity index is 471. The van der Waals surface area contributed by atoms with Gasteiger partial charge in [0.15, 0.2) is 0 Å². The lowest BCUT2D eigenvalue weighted by Crippen LogP contribution is -2.58. The molecular weight excluding hydrogens is 254 g/mol. The summed E-state index contributed by atoms with van der Waals surface area (Å²) in [6, 6.07) is 3.44. The van der Waals surface area contributed by atoms with E-state index in [4.69, 9.17) is 14.6 Å². The van der Waals surface area contributed by atoms with Crippen molar-refractivity contribution in [3.8, 4) is 0 Å². The van der Waals surface area contributed by atoms with Crippen LogP contribution in [0.4, 0.5) is 0 Å². The highest BCUT2D eigenvalue weighted by Gasteiger charge is 2.39. The molecule has 0 aliphatic carbocycles. The van der Waals surface area contributed by atoms with Crippen molar-refractivity contribution < 1.29 is 9.47 Å². The fourth-order valence-electron chi connectivity index (χ4n) is 3.38. The molecule has 5 heteroatoms. The van der Waals surface area contributed by atoms with Crippen LogP contribution in [0.3, 0.4) is 0 Å². The highest BCUT2D eigenvalue weighted by Crippen LogP contribution is 2.33. The second-order valence-electron chi connectivity index (χ2n) is 6.22. The van der Waals surface area contributed by atoms with Crippen LogP contribution in [0.2, 0.25) is 0 Å². The van der Waals surface area contributed by atoms with E-state index < -0.39 is 0 Å². The van der Waals surface area contributed by atoms with Gasteiger partial charge in [-0.3, -0.25) is 9.58 Å². The van der Waals surface area contributed by atoms with Gasteiger partial charge < -0.3 is 9.47 Å². The van der Waals surface area contributed by atoms with E-state index >= 15 is 0 Å². The maximum atomic E-state index is 5.54. The summed E-state index contributed by atoms with van der Waals surface area (Å²) in [7, 11) is 0. The molecule has 20 heavy (non-hydrogen) atoms. The van der Waals surface area contributed by atoms with Gasteiger partial charge in [0.2, 0.25) is 0 Å². The summed E-state index contributed by atoms with van der Waals surface area (Å²) in [6.45, 7) is 8.05. The van der Waals surface area contributed by atoms with Crippen LogP contribution < -0.4 is 0 Å². The summed E-state index contributed by atoms with van der Waals surface area (Å²) in [5, 5.41) is 4.81. The summed E-state index contributed by atoms with van der Waals surface area (Å²) in [5.74, 6) is 0.643. The first kappa shape index (κ1) is 12.8. The van der Waals surface area contributed by atoms with E-state index in [0.29, 0.717) is 18.0 Å². The maximum absolute atomic E-state index is 5.54. The Morgan fingerprint density at radius 1 is 1.20 bits per heavy atom. The molecule has 1 atom stereocenters. The zero-order chi connectivity index (χ0) is 13.5. The van der Waals surface area contributed by atoms with Crippen molar-refractivity contribution in [2.75, 3.05) is 39.5 Å². The first-order valence-electron chi connectivity index (χ1n) is 7.83. The highest BCUT2D eigenvalue weighted by atomic mass is 16.5. The molecule has 3 fully saturated rings. The smallest absolute Gasteiger partial charge is 0.0777 e. The molecule has 1 aromatic rings. The quantitative estimate of drug-likeness (QED) is 0.829. The van der Waals surface area contributed by atoms with Gasteiger partial charge in [0, 0.05) is 31.3 Å². The van der Waals surface area contributed by atoms with Crippen molar-refractivity contribution in [1.82, 2.24) is 14.7 Å². The van der Waals surface area contributed by atoms with Gasteiger partial charge in [-0.2, -0.15) is 5.10 Å². The molecule has 1 aromatic heterocycles. The number of aromatic nitrogens is 2. The molecule has 3 aliphatic heterocycles. The van der Waals surface area contributed by atoms with Crippen molar-refractivity contribution >= 4 is 0 Å². The van der Waals surface area contributed by atoms with Gasteiger partial charge in [0.25, 0.3) is 0 Å². The van der Waals surface area contributed by atoms with Crippen LogP contribution in [0.25, 0.3) is 0 Å². The Kier molecular flexibility index (Phi) is 3.28. The summed E-state index contributed by atoms with van der Waals surface area (Å²) in [6.07, 6.45) is 2.12. The van der Waals surface area contributed by atoms with Crippen LogP contribution in [-0.4, -0.2) is 60.2 Å². The highest BCUT2D eigenvalue weighted by molar-refractivity contribution is 5.20. The summed E-state index contributed by atoms with van der Waals surface area (Å²) in [4.78, 5) is 2.54. The monoisotopic (exact) mass is 277 g/mol. The molecular formula is C15H23N3O2. The van der Waals surface area contributed by atoms with E-state index in [1.165, 1.54) is 11.4 Å². The van der Waals surface area contributed by atoms with Crippen LogP contribution in [0.5, 0.6) is 0 Å². The molecule has 5 nitrogen and oxygen atoms in total. The van der Waals surface area contributed by atoms with Crippen molar-refractivity contribution in [1.29, 1.82) is 0 Å². The van der Waals surface area contributed by atoms with Crippen molar-refractivity contribution in [2.45, 2.75) is 37.8 Å². The third kappa shape index (κ3) is 2.08. The summed E-state index contributed by atoms with van der Waals surface area (Å²) >= 11 is 0. The molecule has 0 radical (unpaired) electrons. The normalized spacial score (nSPS) is 28.6. The van der Waals surface area contributed by atoms with Gasteiger partial charge in [0.1, 0.15) is 0 Å². The fourth-order valence-corrected chi connectivity index (χ4v) is 3.38. The van der Waals surface area contributed by atoms with Gasteiger partial charge in [-0.15, -0.1) is 0 Å². The Hall–Kier alpha value is -0.910. The molecule has 0 saturated carbocycles. The zero-order valence-corrected chi connectivity index (χ0v) is 12.1. The Morgan fingerprint density at radius 3 is 2.60 bits per heavy atom. The van der Waals surface area contributed by atoms with E-state index in [1.807, 2.05) is 0 Å². The number of nitrogens with zero attached hydrogens (tertiary/aromatic N) is 3. The van der Waals surface area contributed by atoms with Crippen molar-refractivity contribution in [2.24, 2.45) is 0 Å². The molecule has 1 unspecified atom stereocenters. The molecule has 4 heterocycles. The van der Waals surface area contributed by atoms with Crippen molar-refractivity contribution in [3.63, 3.8) is 0 Å². The van der Waals surface area contributed by atoms with E-state index in [2.05, 4.69) is 22.6 Å². The number of likely N-dealkylation sites (tertiary alicyclic amines) is 1. The van der Waals surface area contributed by atoms with E-state index in [1.54, 1.807) is 0 Å². The third-order valence-corrected chi connectivity index (χ3v) is 4.89. The van der Waals surface area contributed by atoms with Gasteiger partial charge in [0.05, 0.1) is 37.6 Å². The molecule has 0 aromatic carbocycles. The van der Waals surface area contributed by atoms with Crippen molar-refractivity contribution in [3.05, 3.63) is 17.5 Å². The molecule has 0 spiro atoms. The largest absolute Gasteiger partial charge is 0.379 e. The minimum atomic E-state index is 0.450. The van der Waals surface area contributed by atoms with Gasteiger partial charge in [-0.1, -0.05) is 6.92 Å². The second-order valence-corrected chi connectivity index (χ2v) is 6.22. The van der Waals surface area contributed by atoms with Crippen LogP contribution in [-0.2, 0) is 15.9 Å². The molecule has 0 bridgehead atoms. The topological polar surface area (TPSA) is 39.5 Å². The summed E-state index contributed by atoms with van der Waals surface area (Å²) < 4.78 is 13.1. The fraction of sp³-hybridized carbons (Fsp3) is 0.800. The molecule has 3 aliphatic rings.